The zero-order valence-corrected chi connectivity index (χ0v) is 23.4. The molecule has 0 saturated carbocycles. The van der Waals surface area contributed by atoms with Gasteiger partial charge in [0.25, 0.3) is 10.0 Å². The van der Waals surface area contributed by atoms with Gasteiger partial charge in [0.15, 0.2) is 11.5 Å². The molecule has 0 radical (unpaired) electrons. The van der Waals surface area contributed by atoms with Crippen LogP contribution in [0.2, 0.25) is 5.02 Å². The molecule has 3 aromatic heterocycles. The molecule has 40 heavy (non-hydrogen) atoms. The molecule has 0 N–H and O–H groups in total. The molecule has 0 atom stereocenters. The Labute approximate surface area is 238 Å². The van der Waals surface area contributed by atoms with Crippen LogP contribution in [0.15, 0.2) is 79.1 Å². The van der Waals surface area contributed by atoms with Crippen LogP contribution in [-0.4, -0.2) is 63.3 Å². The molecule has 2 aromatic carbocycles. The summed E-state index contributed by atoms with van der Waals surface area (Å²) in [5.41, 5.74) is 3.65. The molecule has 1 aliphatic heterocycles. The third-order valence-corrected chi connectivity index (χ3v) is 8.65. The van der Waals surface area contributed by atoms with Crippen molar-refractivity contribution in [1.82, 2.24) is 28.7 Å². The smallest absolute Gasteiger partial charge is 0.257 e. The van der Waals surface area contributed by atoms with Crippen LogP contribution in [0.5, 0.6) is 5.75 Å². The summed E-state index contributed by atoms with van der Waals surface area (Å²) in [6, 6.07) is 20.4. The van der Waals surface area contributed by atoms with Crippen molar-refractivity contribution in [3.05, 3.63) is 101 Å². The third kappa shape index (κ3) is 6.04. The average Bonchev–Trinajstić information content (AvgIpc) is 3.70. The van der Waals surface area contributed by atoms with Gasteiger partial charge in [-0.1, -0.05) is 41.9 Å². The molecule has 0 unspecified atom stereocenters. The number of rotatable bonds is 10. The van der Waals surface area contributed by atoms with Gasteiger partial charge in [0, 0.05) is 23.6 Å². The van der Waals surface area contributed by atoms with Gasteiger partial charge < -0.3 is 4.74 Å². The Hall–Kier alpha value is -3.73. The largest absolute Gasteiger partial charge is 0.492 e. The minimum atomic E-state index is -3.73. The lowest BCUT2D eigenvalue weighted by Crippen LogP contribution is -2.25. The highest BCUT2D eigenvalue weighted by atomic mass is 35.5. The van der Waals surface area contributed by atoms with E-state index in [1.54, 1.807) is 28.8 Å². The predicted molar refractivity (Wildman–Crippen MR) is 154 cm³/mol. The second-order valence-electron chi connectivity index (χ2n) is 9.91. The lowest BCUT2D eigenvalue weighted by atomic mass is 10.1. The van der Waals surface area contributed by atoms with E-state index in [0.717, 1.165) is 21.9 Å². The van der Waals surface area contributed by atoms with Gasteiger partial charge in [-0.3, -0.25) is 4.90 Å². The molecule has 0 bridgehead atoms. The number of fused-ring (bicyclic) bond motifs is 1. The van der Waals surface area contributed by atoms with Crippen LogP contribution in [-0.2, 0) is 22.2 Å². The van der Waals surface area contributed by atoms with Crippen molar-refractivity contribution in [2.45, 2.75) is 25.0 Å². The normalized spacial score (nSPS) is 14.2. The highest BCUT2D eigenvalue weighted by Crippen LogP contribution is 2.22. The number of aromatic nitrogens is 5. The van der Waals surface area contributed by atoms with Crippen LogP contribution in [0.1, 0.15) is 29.8 Å². The molecule has 0 aliphatic carbocycles. The second-order valence-corrected chi connectivity index (χ2v) is 12.2. The number of pyridine rings is 1. The number of nitrogens with zero attached hydrogens (tertiary/aromatic N) is 6. The van der Waals surface area contributed by atoms with Crippen molar-refractivity contribution in [3.8, 4) is 17.0 Å². The SMILES string of the molecule is O=S(=O)(Cc1cccc(Cl)c1)n1cc(-c2cccc3nc(Cc4ccc(OCCN5CCCC5)cc4)nn23)cn1. The van der Waals surface area contributed by atoms with E-state index in [1.165, 1.54) is 38.3 Å². The van der Waals surface area contributed by atoms with E-state index in [0.29, 0.717) is 46.3 Å². The van der Waals surface area contributed by atoms with E-state index in [2.05, 4.69) is 15.0 Å². The lowest BCUT2D eigenvalue weighted by molar-refractivity contribution is 0.238. The van der Waals surface area contributed by atoms with Gasteiger partial charge in [-0.2, -0.15) is 14.3 Å². The number of hydrogen-bond acceptors (Lipinski definition) is 7. The zero-order valence-electron chi connectivity index (χ0n) is 21.9. The fourth-order valence-electron chi connectivity index (χ4n) is 4.92. The molecule has 1 saturated heterocycles. The van der Waals surface area contributed by atoms with E-state index in [9.17, 15) is 8.42 Å². The number of benzene rings is 2. The Morgan fingerprint density at radius 3 is 2.55 bits per heavy atom. The Morgan fingerprint density at radius 1 is 0.950 bits per heavy atom. The third-order valence-electron chi connectivity index (χ3n) is 6.94. The van der Waals surface area contributed by atoms with Crippen molar-refractivity contribution in [3.63, 3.8) is 0 Å². The molecule has 1 fully saturated rings. The topological polar surface area (TPSA) is 94.6 Å². The van der Waals surface area contributed by atoms with Gasteiger partial charge in [0.05, 0.1) is 23.8 Å². The fraction of sp³-hybridized carbons (Fsp3) is 0.276. The van der Waals surface area contributed by atoms with Crippen LogP contribution in [0.3, 0.4) is 0 Å². The van der Waals surface area contributed by atoms with Crippen molar-refractivity contribution >= 4 is 27.3 Å². The molecule has 9 nitrogen and oxygen atoms in total. The van der Waals surface area contributed by atoms with E-state index >= 15 is 0 Å². The van der Waals surface area contributed by atoms with Crippen LogP contribution >= 0.6 is 11.6 Å². The number of ether oxygens (including phenoxy) is 1. The van der Waals surface area contributed by atoms with Crippen molar-refractivity contribution in [2.24, 2.45) is 0 Å². The van der Waals surface area contributed by atoms with Gasteiger partial charge in [-0.05, 0) is 73.5 Å². The Kier molecular flexibility index (Phi) is 7.55. The molecule has 11 heteroatoms. The van der Waals surface area contributed by atoms with Crippen molar-refractivity contribution < 1.29 is 13.2 Å². The van der Waals surface area contributed by atoms with E-state index in [4.69, 9.17) is 21.4 Å². The maximum atomic E-state index is 13.0. The summed E-state index contributed by atoms with van der Waals surface area (Å²) in [5, 5.41) is 9.34. The first-order chi connectivity index (χ1) is 19.4. The van der Waals surface area contributed by atoms with E-state index < -0.39 is 10.0 Å². The first-order valence-corrected chi connectivity index (χ1v) is 15.2. The minimum absolute atomic E-state index is 0.214. The molecule has 6 rings (SSSR count). The van der Waals surface area contributed by atoms with Gasteiger partial charge in [-0.25, -0.2) is 17.9 Å². The maximum absolute atomic E-state index is 13.0. The molecule has 0 amide bonds. The highest BCUT2D eigenvalue weighted by Gasteiger charge is 2.18. The molecular weight excluding hydrogens is 548 g/mol. The molecule has 206 valence electrons. The summed E-state index contributed by atoms with van der Waals surface area (Å²) >= 11 is 6.02. The molecule has 4 heterocycles. The summed E-state index contributed by atoms with van der Waals surface area (Å²) in [7, 11) is -3.73. The Bertz CT molecular complexity index is 1730. The summed E-state index contributed by atoms with van der Waals surface area (Å²) in [6.45, 7) is 3.99. The quantitative estimate of drug-likeness (QED) is 0.238. The Balaban J connectivity index is 1.15. The Morgan fingerprint density at radius 2 is 1.75 bits per heavy atom. The molecular formula is C29H29ClN6O3S. The average molecular weight is 577 g/mol. The predicted octanol–water partition coefficient (Wildman–Crippen LogP) is 4.69. The first kappa shape index (κ1) is 26.5. The number of halogens is 1. The van der Waals surface area contributed by atoms with Crippen LogP contribution in [0, 0.1) is 0 Å². The summed E-state index contributed by atoms with van der Waals surface area (Å²) in [6.07, 6.45) is 6.14. The monoisotopic (exact) mass is 576 g/mol. The van der Waals surface area contributed by atoms with Crippen molar-refractivity contribution in [2.75, 3.05) is 26.2 Å². The van der Waals surface area contributed by atoms with Gasteiger partial charge in [-0.15, -0.1) is 0 Å². The second kappa shape index (κ2) is 11.4. The van der Waals surface area contributed by atoms with Crippen LogP contribution in [0.4, 0.5) is 0 Å². The highest BCUT2D eigenvalue weighted by molar-refractivity contribution is 7.89. The minimum Gasteiger partial charge on any atom is -0.492 e. The summed E-state index contributed by atoms with van der Waals surface area (Å²) in [4.78, 5) is 7.12. The van der Waals surface area contributed by atoms with Gasteiger partial charge >= 0.3 is 0 Å². The lowest BCUT2D eigenvalue weighted by Gasteiger charge is -2.14. The molecule has 1 aliphatic rings. The van der Waals surface area contributed by atoms with Crippen LogP contribution in [0.25, 0.3) is 16.9 Å². The van der Waals surface area contributed by atoms with Gasteiger partial charge in [0.1, 0.15) is 12.4 Å². The number of hydrogen-bond donors (Lipinski definition) is 0. The number of likely N-dealkylation sites (tertiary alicyclic amines) is 1. The van der Waals surface area contributed by atoms with E-state index in [-0.39, 0.29) is 5.75 Å². The van der Waals surface area contributed by atoms with Crippen LogP contribution < -0.4 is 4.74 Å². The van der Waals surface area contributed by atoms with E-state index in [1.807, 2.05) is 42.5 Å². The zero-order chi connectivity index (χ0) is 27.5. The molecule has 0 spiro atoms. The molecule has 5 aromatic rings. The summed E-state index contributed by atoms with van der Waals surface area (Å²) in [5.74, 6) is 1.31. The fourth-order valence-corrected chi connectivity index (χ4v) is 6.33. The maximum Gasteiger partial charge on any atom is 0.257 e. The standard InChI is InChI=1S/C29H29ClN6O3S/c30-25-6-3-5-23(17-25)21-40(37,38)35-20-24(19-31-35)27-7-4-8-29-32-28(33-36(27)29)18-22-9-11-26(12-10-22)39-16-15-34-13-1-2-14-34/h3-12,17,19-20H,1-2,13-16,18,21H2. The first-order valence-electron chi connectivity index (χ1n) is 13.2. The van der Waals surface area contributed by atoms with Gasteiger partial charge in [0.2, 0.25) is 0 Å². The van der Waals surface area contributed by atoms with Crippen molar-refractivity contribution in [1.29, 1.82) is 0 Å². The summed E-state index contributed by atoms with van der Waals surface area (Å²) < 4.78 is 34.6.